The second-order valence-electron chi connectivity index (χ2n) is 8.08. The number of aromatic nitrogens is 1. The number of nitrogens with zero attached hydrogens (tertiary/aromatic N) is 1. The van der Waals surface area contributed by atoms with Gasteiger partial charge >= 0.3 is 0 Å². The van der Waals surface area contributed by atoms with Crippen molar-refractivity contribution in [2.75, 3.05) is 39.4 Å². The highest BCUT2D eigenvalue weighted by Crippen LogP contribution is 2.51. The van der Waals surface area contributed by atoms with Gasteiger partial charge in [-0.2, -0.15) is 0 Å². The summed E-state index contributed by atoms with van der Waals surface area (Å²) in [6, 6.07) is 13.9. The first-order chi connectivity index (χ1) is 15.6. The predicted molar refractivity (Wildman–Crippen MR) is 122 cm³/mol. The average molecular weight is 430 g/mol. The van der Waals surface area contributed by atoms with Crippen molar-refractivity contribution in [2.24, 2.45) is 0 Å². The van der Waals surface area contributed by atoms with Crippen LogP contribution in [0.4, 0.5) is 5.69 Å². The van der Waals surface area contributed by atoms with E-state index in [0.29, 0.717) is 41.6 Å². The normalized spacial score (nSPS) is 16.3. The minimum atomic E-state index is -0.0898. The van der Waals surface area contributed by atoms with Gasteiger partial charge in [0.15, 0.2) is 11.5 Å². The fourth-order valence-corrected chi connectivity index (χ4v) is 5.02. The summed E-state index contributed by atoms with van der Waals surface area (Å²) in [6.07, 6.45) is 0. The van der Waals surface area contributed by atoms with Crippen molar-refractivity contribution in [3.63, 3.8) is 0 Å². The maximum atomic E-state index is 13.7. The van der Waals surface area contributed by atoms with E-state index in [4.69, 9.17) is 18.9 Å². The fraction of sp³-hybridized carbons (Fsp3) is 0.240. The number of H-pyrrole nitrogens is 1. The van der Waals surface area contributed by atoms with Gasteiger partial charge in [-0.3, -0.25) is 4.79 Å². The molecule has 1 amide bonds. The standard InChI is InChI=1S/C25H22N2O5/c1-29-19-10-14-8-17(26-21(14)24(31-3)23(19)30-2)25(28)27-11-15-12-32-22-16-7-5-4-6-13(16)9-18(27)20(15)22/h4-10,15,26H,11-12H2,1-3H3. The summed E-state index contributed by atoms with van der Waals surface area (Å²) in [5.41, 5.74) is 3.23. The Balaban J connectivity index is 1.47. The molecule has 0 spiro atoms. The maximum Gasteiger partial charge on any atom is 0.274 e. The van der Waals surface area contributed by atoms with Gasteiger partial charge < -0.3 is 28.8 Å². The van der Waals surface area contributed by atoms with E-state index < -0.39 is 0 Å². The number of aromatic amines is 1. The Kier molecular flexibility index (Phi) is 4.02. The Labute approximate surface area is 184 Å². The van der Waals surface area contributed by atoms with E-state index in [1.165, 1.54) is 0 Å². The van der Waals surface area contributed by atoms with Crippen molar-refractivity contribution in [3.8, 4) is 23.0 Å². The molecule has 0 aliphatic carbocycles. The SMILES string of the molecule is COc1cc2cc(C(=O)N3CC4COc5c4c3cc3ccccc53)[nH]c2c(OC)c1OC. The monoisotopic (exact) mass is 430 g/mol. The molecular formula is C25H22N2O5. The van der Waals surface area contributed by atoms with Crippen LogP contribution in [0.5, 0.6) is 23.0 Å². The molecule has 2 aliphatic rings. The largest absolute Gasteiger partial charge is 0.493 e. The Bertz CT molecular complexity index is 1410. The van der Waals surface area contributed by atoms with Crippen molar-refractivity contribution < 1.29 is 23.7 Å². The summed E-state index contributed by atoms with van der Waals surface area (Å²) in [4.78, 5) is 18.8. The quantitative estimate of drug-likeness (QED) is 0.517. The second kappa shape index (κ2) is 6.82. The molecule has 0 saturated carbocycles. The van der Waals surface area contributed by atoms with Crippen molar-refractivity contribution >= 4 is 33.3 Å². The lowest BCUT2D eigenvalue weighted by molar-refractivity contribution is 0.0983. The lowest BCUT2D eigenvalue weighted by atomic mass is 9.99. The minimum absolute atomic E-state index is 0.0898. The average Bonchev–Trinajstić information content (AvgIpc) is 3.53. The summed E-state index contributed by atoms with van der Waals surface area (Å²) in [6.45, 7) is 1.19. The molecule has 1 N–H and O–H groups in total. The van der Waals surface area contributed by atoms with Crippen LogP contribution in [0.3, 0.4) is 0 Å². The van der Waals surface area contributed by atoms with Gasteiger partial charge in [-0.05, 0) is 23.6 Å². The first kappa shape index (κ1) is 18.9. The molecule has 3 heterocycles. The van der Waals surface area contributed by atoms with Crippen LogP contribution in [0.2, 0.25) is 0 Å². The van der Waals surface area contributed by atoms with Crippen LogP contribution in [0, 0.1) is 0 Å². The van der Waals surface area contributed by atoms with Crippen molar-refractivity contribution in [1.82, 2.24) is 4.98 Å². The van der Waals surface area contributed by atoms with Crippen LogP contribution in [0.1, 0.15) is 22.0 Å². The van der Waals surface area contributed by atoms with Crippen molar-refractivity contribution in [1.29, 1.82) is 0 Å². The molecule has 1 atom stereocenters. The number of rotatable bonds is 4. The van der Waals surface area contributed by atoms with Crippen LogP contribution in [0.15, 0.2) is 42.5 Å². The number of nitrogens with one attached hydrogen (secondary N) is 1. The van der Waals surface area contributed by atoms with E-state index >= 15 is 0 Å². The van der Waals surface area contributed by atoms with Crippen LogP contribution < -0.4 is 23.8 Å². The van der Waals surface area contributed by atoms with Crippen LogP contribution in [0.25, 0.3) is 21.7 Å². The van der Waals surface area contributed by atoms with Gasteiger partial charge in [0.2, 0.25) is 5.75 Å². The molecule has 0 saturated heterocycles. The lowest BCUT2D eigenvalue weighted by Crippen LogP contribution is -2.31. The molecular weight excluding hydrogens is 408 g/mol. The van der Waals surface area contributed by atoms with E-state index in [1.54, 1.807) is 21.3 Å². The van der Waals surface area contributed by atoms with E-state index in [2.05, 4.69) is 23.2 Å². The number of ether oxygens (including phenoxy) is 4. The predicted octanol–water partition coefficient (Wildman–Crippen LogP) is 4.48. The number of amides is 1. The first-order valence-electron chi connectivity index (χ1n) is 10.5. The summed E-state index contributed by atoms with van der Waals surface area (Å²) in [7, 11) is 4.70. The number of anilines is 1. The third-order valence-corrected chi connectivity index (χ3v) is 6.44. The zero-order valence-corrected chi connectivity index (χ0v) is 18.0. The fourth-order valence-electron chi connectivity index (χ4n) is 5.02. The molecule has 0 radical (unpaired) electrons. The molecule has 1 aromatic heterocycles. The first-order valence-corrected chi connectivity index (χ1v) is 10.5. The van der Waals surface area contributed by atoms with Crippen LogP contribution in [-0.4, -0.2) is 45.4 Å². The zero-order valence-electron chi connectivity index (χ0n) is 18.0. The lowest BCUT2D eigenvalue weighted by Gasteiger charge is -2.19. The smallest absolute Gasteiger partial charge is 0.274 e. The molecule has 32 heavy (non-hydrogen) atoms. The third-order valence-electron chi connectivity index (χ3n) is 6.44. The number of methoxy groups -OCH3 is 3. The summed E-state index contributed by atoms with van der Waals surface area (Å²) in [5.74, 6) is 2.54. The molecule has 2 aliphatic heterocycles. The van der Waals surface area contributed by atoms with Gasteiger partial charge in [0.1, 0.15) is 11.4 Å². The van der Waals surface area contributed by atoms with Gasteiger partial charge in [0.25, 0.3) is 5.91 Å². The van der Waals surface area contributed by atoms with Gasteiger partial charge in [-0.15, -0.1) is 0 Å². The topological polar surface area (TPSA) is 73.0 Å². The number of hydrogen-bond acceptors (Lipinski definition) is 5. The minimum Gasteiger partial charge on any atom is -0.493 e. The zero-order chi connectivity index (χ0) is 22.0. The summed E-state index contributed by atoms with van der Waals surface area (Å²) < 4.78 is 22.5. The van der Waals surface area contributed by atoms with Crippen LogP contribution in [-0.2, 0) is 0 Å². The Morgan fingerprint density at radius 2 is 1.84 bits per heavy atom. The maximum absolute atomic E-state index is 13.7. The number of benzene rings is 3. The number of carbonyl (C=O) groups excluding carboxylic acids is 1. The van der Waals surface area contributed by atoms with Gasteiger partial charge in [0.05, 0.1) is 39.1 Å². The Hall–Kier alpha value is -3.87. The van der Waals surface area contributed by atoms with E-state index in [-0.39, 0.29) is 11.8 Å². The highest BCUT2D eigenvalue weighted by molar-refractivity contribution is 6.11. The number of fused-ring (bicyclic) bond motifs is 3. The molecule has 0 bridgehead atoms. The van der Waals surface area contributed by atoms with Crippen molar-refractivity contribution in [3.05, 3.63) is 53.7 Å². The Morgan fingerprint density at radius 1 is 1.03 bits per heavy atom. The Morgan fingerprint density at radius 3 is 2.62 bits per heavy atom. The third kappa shape index (κ3) is 2.45. The van der Waals surface area contributed by atoms with E-state index in [0.717, 1.165) is 33.2 Å². The molecule has 6 rings (SSSR count). The van der Waals surface area contributed by atoms with E-state index in [9.17, 15) is 4.79 Å². The van der Waals surface area contributed by atoms with Gasteiger partial charge in [-0.25, -0.2) is 0 Å². The summed E-state index contributed by atoms with van der Waals surface area (Å²) >= 11 is 0. The molecule has 7 nitrogen and oxygen atoms in total. The molecule has 7 heteroatoms. The second-order valence-corrected chi connectivity index (χ2v) is 8.08. The van der Waals surface area contributed by atoms with Crippen LogP contribution >= 0.6 is 0 Å². The highest BCUT2D eigenvalue weighted by Gasteiger charge is 2.40. The van der Waals surface area contributed by atoms with E-state index in [1.807, 2.05) is 29.2 Å². The molecule has 162 valence electrons. The molecule has 0 fully saturated rings. The summed E-state index contributed by atoms with van der Waals surface area (Å²) in [5, 5.41) is 2.97. The van der Waals surface area contributed by atoms with Gasteiger partial charge in [0, 0.05) is 28.8 Å². The van der Waals surface area contributed by atoms with Gasteiger partial charge in [-0.1, -0.05) is 24.3 Å². The van der Waals surface area contributed by atoms with Crippen molar-refractivity contribution in [2.45, 2.75) is 5.92 Å². The number of hydrogen-bond donors (Lipinski definition) is 1. The molecule has 3 aromatic carbocycles. The molecule has 4 aromatic rings. The number of carbonyl (C=O) groups is 1. The highest BCUT2D eigenvalue weighted by atomic mass is 16.5. The molecule has 1 unspecified atom stereocenters.